The molecule has 29 heavy (non-hydrogen) atoms. The minimum absolute atomic E-state index is 0.885. The monoisotopic (exact) mass is 409 g/mol. The summed E-state index contributed by atoms with van der Waals surface area (Å²) in [6.45, 7) is 15.8. The van der Waals surface area contributed by atoms with Gasteiger partial charge >= 0.3 is 0 Å². The van der Waals surface area contributed by atoms with Crippen LogP contribution in [0.3, 0.4) is 0 Å². The highest BCUT2D eigenvalue weighted by atomic mass is 15.1. The summed E-state index contributed by atoms with van der Waals surface area (Å²) < 4.78 is 0. The molecule has 1 heteroatoms. The molecule has 0 atom stereocenters. The first-order valence-electron chi connectivity index (χ1n) is 13.8. The SMILES string of the molecule is CCCCCCN(CCCCCCCCC(C)C)CCCCCCCCC(C)C. The van der Waals surface area contributed by atoms with Gasteiger partial charge in [-0.05, 0) is 50.7 Å². The lowest BCUT2D eigenvalue weighted by molar-refractivity contribution is 0.254. The Morgan fingerprint density at radius 3 is 1.07 bits per heavy atom. The summed E-state index contributed by atoms with van der Waals surface area (Å²) in [5.41, 5.74) is 0. The summed E-state index contributed by atoms with van der Waals surface area (Å²) >= 11 is 0. The highest BCUT2D eigenvalue weighted by Crippen LogP contribution is 2.14. The van der Waals surface area contributed by atoms with Crippen LogP contribution in [0.2, 0.25) is 0 Å². The molecule has 0 radical (unpaired) electrons. The van der Waals surface area contributed by atoms with Gasteiger partial charge in [0.25, 0.3) is 0 Å². The molecule has 0 aliphatic heterocycles. The number of nitrogens with zero attached hydrogens (tertiary/aromatic N) is 1. The van der Waals surface area contributed by atoms with Crippen molar-refractivity contribution >= 4 is 0 Å². The Balaban J connectivity index is 3.74. The fourth-order valence-electron chi connectivity index (χ4n) is 4.29. The van der Waals surface area contributed by atoms with Crippen molar-refractivity contribution in [1.82, 2.24) is 4.90 Å². The molecule has 0 spiro atoms. The van der Waals surface area contributed by atoms with Gasteiger partial charge in [0.2, 0.25) is 0 Å². The highest BCUT2D eigenvalue weighted by Gasteiger charge is 2.05. The van der Waals surface area contributed by atoms with Crippen LogP contribution >= 0.6 is 0 Å². The van der Waals surface area contributed by atoms with E-state index in [1.54, 1.807) is 0 Å². The molecule has 0 fully saturated rings. The van der Waals surface area contributed by atoms with Gasteiger partial charge in [0.15, 0.2) is 0 Å². The Morgan fingerprint density at radius 1 is 0.414 bits per heavy atom. The molecule has 0 saturated carbocycles. The Kier molecular flexibility index (Phi) is 22.6. The van der Waals surface area contributed by atoms with Crippen LogP contribution in [0.1, 0.15) is 150 Å². The molecule has 0 aliphatic carbocycles. The van der Waals surface area contributed by atoms with Crippen LogP contribution in [0.25, 0.3) is 0 Å². The van der Waals surface area contributed by atoms with Crippen LogP contribution in [0, 0.1) is 11.8 Å². The maximum absolute atomic E-state index is 2.80. The molecule has 0 bridgehead atoms. The molecule has 0 aromatic carbocycles. The predicted molar refractivity (Wildman–Crippen MR) is 135 cm³/mol. The van der Waals surface area contributed by atoms with Crippen molar-refractivity contribution in [1.29, 1.82) is 0 Å². The number of hydrogen-bond donors (Lipinski definition) is 0. The number of hydrogen-bond acceptors (Lipinski definition) is 1. The Morgan fingerprint density at radius 2 is 0.724 bits per heavy atom. The van der Waals surface area contributed by atoms with Crippen molar-refractivity contribution in [2.45, 2.75) is 150 Å². The van der Waals surface area contributed by atoms with Gasteiger partial charge in [-0.25, -0.2) is 0 Å². The minimum Gasteiger partial charge on any atom is -0.303 e. The summed E-state index contributed by atoms with van der Waals surface area (Å²) in [5, 5.41) is 0. The summed E-state index contributed by atoms with van der Waals surface area (Å²) in [6, 6.07) is 0. The van der Waals surface area contributed by atoms with E-state index in [1.165, 1.54) is 135 Å². The average Bonchev–Trinajstić information content (AvgIpc) is 2.68. The van der Waals surface area contributed by atoms with E-state index in [4.69, 9.17) is 0 Å². The van der Waals surface area contributed by atoms with Crippen LogP contribution in [0.15, 0.2) is 0 Å². The standard InChI is InChI=1S/C28H59N/c1-6-7-8-19-24-29(25-20-15-11-9-13-17-22-27(2)3)26-21-16-12-10-14-18-23-28(4)5/h27-28H,6-26H2,1-5H3. The van der Waals surface area contributed by atoms with Gasteiger partial charge in [-0.2, -0.15) is 0 Å². The van der Waals surface area contributed by atoms with E-state index in [0.29, 0.717) is 0 Å². The van der Waals surface area contributed by atoms with E-state index in [-0.39, 0.29) is 0 Å². The molecular formula is C28H59N. The molecule has 0 unspecified atom stereocenters. The summed E-state index contributed by atoms with van der Waals surface area (Å²) in [6.07, 6.45) is 25.8. The third-order valence-corrected chi connectivity index (χ3v) is 6.34. The molecule has 0 heterocycles. The lowest BCUT2D eigenvalue weighted by Crippen LogP contribution is -2.27. The van der Waals surface area contributed by atoms with Crippen LogP contribution < -0.4 is 0 Å². The third kappa shape index (κ3) is 24.1. The highest BCUT2D eigenvalue weighted by molar-refractivity contribution is 4.60. The number of rotatable bonds is 23. The van der Waals surface area contributed by atoms with Gasteiger partial charge < -0.3 is 4.90 Å². The van der Waals surface area contributed by atoms with Gasteiger partial charge in [0, 0.05) is 0 Å². The van der Waals surface area contributed by atoms with E-state index in [1.807, 2.05) is 0 Å². The van der Waals surface area contributed by atoms with Gasteiger partial charge in [-0.1, -0.05) is 131 Å². The zero-order chi connectivity index (χ0) is 21.6. The smallest absolute Gasteiger partial charge is 0.00187 e. The maximum Gasteiger partial charge on any atom is -0.00187 e. The zero-order valence-corrected chi connectivity index (χ0v) is 21.5. The van der Waals surface area contributed by atoms with Crippen molar-refractivity contribution in [2.24, 2.45) is 11.8 Å². The van der Waals surface area contributed by atoms with Crippen molar-refractivity contribution in [3.05, 3.63) is 0 Å². The van der Waals surface area contributed by atoms with Gasteiger partial charge in [0.1, 0.15) is 0 Å². The first-order valence-corrected chi connectivity index (χ1v) is 13.8. The quantitative estimate of drug-likeness (QED) is 0.152. The Hall–Kier alpha value is -0.0400. The fraction of sp³-hybridized carbons (Fsp3) is 1.00. The molecule has 0 saturated heterocycles. The van der Waals surface area contributed by atoms with Gasteiger partial charge in [0.05, 0.1) is 0 Å². The summed E-state index contributed by atoms with van der Waals surface area (Å²) in [5.74, 6) is 1.77. The molecule has 1 nitrogen and oxygen atoms in total. The van der Waals surface area contributed by atoms with Gasteiger partial charge in [-0.3, -0.25) is 0 Å². The zero-order valence-electron chi connectivity index (χ0n) is 21.5. The van der Waals surface area contributed by atoms with E-state index in [0.717, 1.165) is 11.8 Å². The topological polar surface area (TPSA) is 3.24 Å². The Labute approximate surface area is 186 Å². The van der Waals surface area contributed by atoms with E-state index < -0.39 is 0 Å². The third-order valence-electron chi connectivity index (χ3n) is 6.34. The molecular weight excluding hydrogens is 350 g/mol. The van der Waals surface area contributed by atoms with Crippen LogP contribution in [-0.4, -0.2) is 24.5 Å². The Bertz CT molecular complexity index is 273. The van der Waals surface area contributed by atoms with Crippen LogP contribution in [-0.2, 0) is 0 Å². The van der Waals surface area contributed by atoms with Crippen molar-refractivity contribution < 1.29 is 0 Å². The van der Waals surface area contributed by atoms with E-state index >= 15 is 0 Å². The van der Waals surface area contributed by atoms with Crippen molar-refractivity contribution in [3.8, 4) is 0 Å². The lowest BCUT2D eigenvalue weighted by Gasteiger charge is -2.22. The maximum atomic E-state index is 2.80. The van der Waals surface area contributed by atoms with E-state index in [9.17, 15) is 0 Å². The molecule has 0 rings (SSSR count). The summed E-state index contributed by atoms with van der Waals surface area (Å²) in [4.78, 5) is 2.80. The first-order chi connectivity index (χ1) is 14.1. The molecule has 176 valence electrons. The van der Waals surface area contributed by atoms with Crippen LogP contribution in [0.5, 0.6) is 0 Å². The second kappa shape index (κ2) is 22.6. The van der Waals surface area contributed by atoms with Crippen LogP contribution in [0.4, 0.5) is 0 Å². The van der Waals surface area contributed by atoms with Gasteiger partial charge in [-0.15, -0.1) is 0 Å². The first kappa shape index (κ1) is 29.0. The molecule has 0 N–H and O–H groups in total. The summed E-state index contributed by atoms with van der Waals surface area (Å²) in [7, 11) is 0. The van der Waals surface area contributed by atoms with Crippen molar-refractivity contribution in [3.63, 3.8) is 0 Å². The minimum atomic E-state index is 0.885. The van der Waals surface area contributed by atoms with Crippen molar-refractivity contribution in [2.75, 3.05) is 19.6 Å². The molecule has 0 aromatic rings. The molecule has 0 aliphatic rings. The lowest BCUT2D eigenvalue weighted by atomic mass is 10.0. The number of unbranched alkanes of at least 4 members (excludes halogenated alkanes) is 13. The van der Waals surface area contributed by atoms with E-state index in [2.05, 4.69) is 39.5 Å². The predicted octanol–water partition coefficient (Wildman–Crippen LogP) is 9.64. The fourth-order valence-corrected chi connectivity index (χ4v) is 4.29. The second-order valence-corrected chi connectivity index (χ2v) is 10.5. The molecule has 0 aromatic heterocycles. The normalized spacial score (nSPS) is 12.0. The average molecular weight is 410 g/mol. The molecule has 0 amide bonds. The largest absolute Gasteiger partial charge is 0.303 e. The second-order valence-electron chi connectivity index (χ2n) is 10.5.